The second kappa shape index (κ2) is 5.77. The van der Waals surface area contributed by atoms with Crippen molar-refractivity contribution in [1.29, 1.82) is 0 Å². The SMILES string of the molecule is CCNC1CCCc2nc(-c3ccc(F)c(F)c3F)sc21. The zero-order valence-electron chi connectivity index (χ0n) is 11.5. The molecule has 1 aromatic heterocycles. The van der Waals surface area contributed by atoms with E-state index >= 15 is 0 Å². The van der Waals surface area contributed by atoms with Crippen molar-refractivity contribution < 1.29 is 13.2 Å². The van der Waals surface area contributed by atoms with Crippen LogP contribution < -0.4 is 5.32 Å². The Morgan fingerprint density at radius 3 is 2.86 bits per heavy atom. The Balaban J connectivity index is 2.03. The van der Waals surface area contributed by atoms with Crippen LogP contribution in [0.5, 0.6) is 0 Å². The lowest BCUT2D eigenvalue weighted by Gasteiger charge is -2.21. The monoisotopic (exact) mass is 312 g/mol. The molecule has 0 aliphatic heterocycles. The van der Waals surface area contributed by atoms with Gasteiger partial charge in [0.15, 0.2) is 17.5 Å². The maximum atomic E-state index is 13.9. The van der Waals surface area contributed by atoms with E-state index in [1.807, 2.05) is 6.92 Å². The van der Waals surface area contributed by atoms with Crippen molar-refractivity contribution in [2.45, 2.75) is 32.2 Å². The molecule has 2 nitrogen and oxygen atoms in total. The Hall–Kier alpha value is -1.40. The van der Waals surface area contributed by atoms with E-state index in [4.69, 9.17) is 0 Å². The minimum Gasteiger partial charge on any atom is -0.309 e. The van der Waals surface area contributed by atoms with Gasteiger partial charge < -0.3 is 5.32 Å². The van der Waals surface area contributed by atoms with Crippen molar-refractivity contribution in [3.8, 4) is 10.6 Å². The van der Waals surface area contributed by atoms with Crippen molar-refractivity contribution in [3.05, 3.63) is 40.2 Å². The summed E-state index contributed by atoms with van der Waals surface area (Å²) in [6.45, 7) is 2.88. The molecule has 1 atom stereocenters. The van der Waals surface area contributed by atoms with Gasteiger partial charge in [0.25, 0.3) is 0 Å². The quantitative estimate of drug-likeness (QED) is 0.859. The molecule has 6 heteroatoms. The van der Waals surface area contributed by atoms with E-state index in [1.165, 1.54) is 17.4 Å². The molecule has 2 aromatic rings. The fraction of sp³-hybridized carbons (Fsp3) is 0.400. The topological polar surface area (TPSA) is 24.9 Å². The largest absolute Gasteiger partial charge is 0.309 e. The zero-order chi connectivity index (χ0) is 15.0. The fourth-order valence-electron chi connectivity index (χ4n) is 2.67. The third-order valence-electron chi connectivity index (χ3n) is 3.67. The van der Waals surface area contributed by atoms with E-state index < -0.39 is 17.5 Å². The van der Waals surface area contributed by atoms with Crippen molar-refractivity contribution in [2.24, 2.45) is 0 Å². The van der Waals surface area contributed by atoms with Crippen LogP contribution >= 0.6 is 11.3 Å². The third-order valence-corrected chi connectivity index (χ3v) is 4.91. The summed E-state index contributed by atoms with van der Waals surface area (Å²) in [6.07, 6.45) is 2.88. The van der Waals surface area contributed by atoms with Crippen LogP contribution in [-0.4, -0.2) is 11.5 Å². The second-order valence-corrected chi connectivity index (χ2v) is 6.09. The van der Waals surface area contributed by atoms with Gasteiger partial charge in [-0.1, -0.05) is 6.92 Å². The molecule has 0 saturated carbocycles. The van der Waals surface area contributed by atoms with Crippen molar-refractivity contribution in [3.63, 3.8) is 0 Å². The van der Waals surface area contributed by atoms with E-state index in [1.54, 1.807) is 0 Å². The van der Waals surface area contributed by atoms with Crippen LogP contribution in [0, 0.1) is 17.5 Å². The second-order valence-electron chi connectivity index (χ2n) is 5.06. The van der Waals surface area contributed by atoms with Crippen LogP contribution in [-0.2, 0) is 6.42 Å². The summed E-state index contributed by atoms with van der Waals surface area (Å²) in [5, 5.41) is 3.80. The Morgan fingerprint density at radius 1 is 1.29 bits per heavy atom. The first-order valence-corrected chi connectivity index (χ1v) is 7.80. The van der Waals surface area contributed by atoms with E-state index in [9.17, 15) is 13.2 Å². The minimum absolute atomic E-state index is 0.0311. The highest BCUT2D eigenvalue weighted by molar-refractivity contribution is 7.15. The first-order valence-electron chi connectivity index (χ1n) is 6.98. The summed E-state index contributed by atoms with van der Waals surface area (Å²) < 4.78 is 40.3. The number of halogens is 3. The number of aryl methyl sites for hydroxylation is 1. The van der Waals surface area contributed by atoms with Crippen molar-refractivity contribution in [1.82, 2.24) is 10.3 Å². The molecule has 1 N–H and O–H groups in total. The summed E-state index contributed by atoms with van der Waals surface area (Å²) in [5.74, 6) is -3.78. The molecular weight excluding hydrogens is 297 g/mol. The van der Waals surface area contributed by atoms with E-state index in [0.29, 0.717) is 5.01 Å². The van der Waals surface area contributed by atoms with E-state index in [2.05, 4.69) is 10.3 Å². The highest BCUT2D eigenvalue weighted by atomic mass is 32.1. The van der Waals surface area contributed by atoms with Gasteiger partial charge in [0, 0.05) is 16.5 Å². The molecule has 21 heavy (non-hydrogen) atoms. The Morgan fingerprint density at radius 2 is 2.10 bits per heavy atom. The van der Waals surface area contributed by atoms with Crippen molar-refractivity contribution >= 4 is 11.3 Å². The maximum Gasteiger partial charge on any atom is 0.195 e. The number of thiazole rings is 1. The summed E-state index contributed by atoms with van der Waals surface area (Å²) in [6, 6.07) is 2.41. The van der Waals surface area contributed by atoms with Gasteiger partial charge in [-0.05, 0) is 37.9 Å². The Labute approximate surface area is 125 Å². The van der Waals surface area contributed by atoms with Gasteiger partial charge in [-0.15, -0.1) is 11.3 Å². The molecule has 0 amide bonds. The van der Waals surface area contributed by atoms with Crippen LogP contribution in [0.1, 0.15) is 36.4 Å². The molecule has 0 fully saturated rings. The average molecular weight is 312 g/mol. The number of fused-ring (bicyclic) bond motifs is 1. The highest BCUT2D eigenvalue weighted by Crippen LogP contribution is 2.39. The van der Waals surface area contributed by atoms with Gasteiger partial charge >= 0.3 is 0 Å². The summed E-state index contributed by atoms with van der Waals surface area (Å²) in [4.78, 5) is 5.52. The average Bonchev–Trinajstić information content (AvgIpc) is 2.90. The van der Waals surface area contributed by atoms with Crippen molar-refractivity contribution in [2.75, 3.05) is 6.54 Å². The van der Waals surface area contributed by atoms with Crippen LogP contribution in [0.4, 0.5) is 13.2 Å². The predicted molar refractivity (Wildman–Crippen MR) is 76.8 cm³/mol. The predicted octanol–water partition coefficient (Wildman–Crippen LogP) is 4.21. The smallest absolute Gasteiger partial charge is 0.195 e. The molecule has 1 aliphatic carbocycles. The summed E-state index contributed by atoms with van der Waals surface area (Å²) in [7, 11) is 0. The molecule has 1 aliphatic rings. The number of rotatable bonds is 3. The van der Waals surface area contributed by atoms with Crippen LogP contribution in [0.25, 0.3) is 10.6 Å². The van der Waals surface area contributed by atoms with Crippen LogP contribution in [0.2, 0.25) is 0 Å². The number of aromatic nitrogens is 1. The molecular formula is C15H15F3N2S. The molecule has 0 spiro atoms. The standard InChI is InChI=1S/C15H15F3N2S/c1-2-19-10-4-3-5-11-14(10)21-15(20-11)8-6-7-9(16)13(18)12(8)17/h6-7,10,19H,2-5H2,1H3. The first kappa shape index (κ1) is 14.5. The summed E-state index contributed by atoms with van der Waals surface area (Å²) >= 11 is 1.36. The van der Waals surface area contributed by atoms with Gasteiger partial charge in [-0.2, -0.15) is 0 Å². The molecule has 0 radical (unpaired) electrons. The lowest BCUT2D eigenvalue weighted by Crippen LogP contribution is -2.23. The summed E-state index contributed by atoms with van der Waals surface area (Å²) in [5.41, 5.74) is 0.972. The molecule has 1 heterocycles. The van der Waals surface area contributed by atoms with Gasteiger partial charge in [-0.3, -0.25) is 0 Å². The van der Waals surface area contributed by atoms with Gasteiger partial charge in [0.1, 0.15) is 5.01 Å². The molecule has 0 saturated heterocycles. The Bertz CT molecular complexity index is 669. The number of hydrogen-bond acceptors (Lipinski definition) is 3. The molecule has 112 valence electrons. The first-order chi connectivity index (χ1) is 10.1. The lowest BCUT2D eigenvalue weighted by atomic mass is 9.98. The minimum atomic E-state index is -1.44. The van der Waals surface area contributed by atoms with Gasteiger partial charge in [-0.25, -0.2) is 18.2 Å². The van der Waals surface area contributed by atoms with Crippen LogP contribution in [0.3, 0.4) is 0 Å². The zero-order valence-corrected chi connectivity index (χ0v) is 12.4. The number of benzene rings is 1. The number of nitrogens with zero attached hydrogens (tertiary/aromatic N) is 1. The lowest BCUT2D eigenvalue weighted by molar-refractivity contribution is 0.449. The normalized spacial score (nSPS) is 17.8. The van der Waals surface area contributed by atoms with Gasteiger partial charge in [0.05, 0.1) is 5.69 Å². The highest BCUT2D eigenvalue weighted by Gasteiger charge is 2.26. The molecule has 1 unspecified atom stereocenters. The molecule has 0 bridgehead atoms. The number of hydrogen-bond donors (Lipinski definition) is 1. The number of nitrogens with one attached hydrogen (secondary N) is 1. The van der Waals surface area contributed by atoms with Gasteiger partial charge in [0.2, 0.25) is 0 Å². The fourth-order valence-corrected chi connectivity index (χ4v) is 3.91. The van der Waals surface area contributed by atoms with E-state index in [0.717, 1.165) is 42.4 Å². The van der Waals surface area contributed by atoms with Crippen LogP contribution in [0.15, 0.2) is 12.1 Å². The Kier molecular flexibility index (Phi) is 3.99. The molecule has 1 aromatic carbocycles. The van der Waals surface area contributed by atoms with E-state index in [-0.39, 0.29) is 11.6 Å². The third kappa shape index (κ3) is 2.58. The maximum absolute atomic E-state index is 13.9. The molecule has 3 rings (SSSR count).